The van der Waals surface area contributed by atoms with Crippen molar-refractivity contribution in [3.63, 3.8) is 0 Å². The highest BCUT2D eigenvalue weighted by Gasteiger charge is 2.29. The van der Waals surface area contributed by atoms with Crippen LogP contribution in [0, 0.1) is 11.3 Å². The number of nitrogens with two attached hydrogens (primary N) is 1. The Balaban J connectivity index is 2.04. The summed E-state index contributed by atoms with van der Waals surface area (Å²) >= 11 is 0. The lowest BCUT2D eigenvalue weighted by atomic mass is 10.2. The standard InChI is InChI=1S/C14H17N3O3S/c15-10-11-3-5-12(6-4-11)21(19,20)9-8-17-7-1-2-13(17)14(16)18/h3-6,13H,1-2,7-9H2,(H2,16,18). The molecule has 0 aliphatic carbocycles. The molecule has 0 aromatic heterocycles. The molecule has 1 atom stereocenters. The van der Waals surface area contributed by atoms with Gasteiger partial charge in [-0.3, -0.25) is 9.69 Å². The zero-order valence-electron chi connectivity index (χ0n) is 11.5. The lowest BCUT2D eigenvalue weighted by Gasteiger charge is -2.21. The van der Waals surface area contributed by atoms with E-state index >= 15 is 0 Å². The number of hydrogen-bond donors (Lipinski definition) is 1. The van der Waals surface area contributed by atoms with Crippen LogP contribution in [0.15, 0.2) is 29.2 Å². The maximum atomic E-state index is 12.2. The van der Waals surface area contributed by atoms with E-state index in [0.29, 0.717) is 18.5 Å². The second-order valence-corrected chi connectivity index (χ2v) is 7.16. The molecule has 1 aromatic carbocycles. The van der Waals surface area contributed by atoms with Crippen LogP contribution in [0.4, 0.5) is 0 Å². The Morgan fingerprint density at radius 3 is 2.62 bits per heavy atom. The third-order valence-corrected chi connectivity index (χ3v) is 5.39. The molecule has 1 aliphatic heterocycles. The quantitative estimate of drug-likeness (QED) is 0.841. The highest BCUT2D eigenvalue weighted by molar-refractivity contribution is 7.91. The van der Waals surface area contributed by atoms with Gasteiger partial charge in [0.2, 0.25) is 5.91 Å². The average Bonchev–Trinajstić information content (AvgIpc) is 2.94. The minimum absolute atomic E-state index is 0.0668. The van der Waals surface area contributed by atoms with Gasteiger partial charge in [-0.2, -0.15) is 5.26 Å². The van der Waals surface area contributed by atoms with Gasteiger partial charge in [0.05, 0.1) is 28.3 Å². The second-order valence-electron chi connectivity index (χ2n) is 5.05. The number of carbonyl (C=O) groups excluding carboxylic acids is 1. The topological polar surface area (TPSA) is 104 Å². The summed E-state index contributed by atoms with van der Waals surface area (Å²) in [5, 5.41) is 8.71. The first-order valence-corrected chi connectivity index (χ1v) is 8.35. The molecule has 1 aromatic rings. The molecule has 1 amide bonds. The summed E-state index contributed by atoms with van der Waals surface area (Å²) in [6.45, 7) is 0.979. The lowest BCUT2D eigenvalue weighted by Crippen LogP contribution is -2.42. The van der Waals surface area contributed by atoms with Crippen LogP contribution in [-0.2, 0) is 14.6 Å². The van der Waals surface area contributed by atoms with Crippen molar-refractivity contribution in [2.24, 2.45) is 5.73 Å². The van der Waals surface area contributed by atoms with Crippen LogP contribution in [0.5, 0.6) is 0 Å². The summed E-state index contributed by atoms with van der Waals surface area (Å²) in [4.78, 5) is 13.3. The largest absolute Gasteiger partial charge is 0.368 e. The number of rotatable bonds is 5. The SMILES string of the molecule is N#Cc1ccc(S(=O)(=O)CCN2CCCC2C(N)=O)cc1. The van der Waals surface area contributed by atoms with Crippen molar-refractivity contribution in [1.29, 1.82) is 5.26 Å². The number of nitriles is 1. The van der Waals surface area contributed by atoms with Crippen molar-refractivity contribution in [3.8, 4) is 6.07 Å². The molecule has 0 saturated carbocycles. The van der Waals surface area contributed by atoms with Crippen LogP contribution in [0.3, 0.4) is 0 Å². The van der Waals surface area contributed by atoms with Gasteiger partial charge in [-0.15, -0.1) is 0 Å². The highest BCUT2D eigenvalue weighted by atomic mass is 32.2. The fourth-order valence-corrected chi connectivity index (χ4v) is 3.77. The third-order valence-electron chi connectivity index (χ3n) is 3.68. The molecular formula is C14H17N3O3S. The molecule has 2 rings (SSSR count). The van der Waals surface area contributed by atoms with Gasteiger partial charge < -0.3 is 5.73 Å². The molecule has 7 heteroatoms. The first-order valence-electron chi connectivity index (χ1n) is 6.70. The predicted molar refractivity (Wildman–Crippen MR) is 77.0 cm³/mol. The fraction of sp³-hybridized carbons (Fsp3) is 0.429. The first-order chi connectivity index (χ1) is 9.94. The van der Waals surface area contributed by atoms with Gasteiger partial charge in [-0.25, -0.2) is 8.42 Å². The van der Waals surface area contributed by atoms with E-state index in [1.165, 1.54) is 24.3 Å². The van der Waals surface area contributed by atoms with Gasteiger partial charge in [-0.1, -0.05) is 0 Å². The summed E-state index contributed by atoms with van der Waals surface area (Å²) in [5.74, 6) is -0.467. The zero-order valence-corrected chi connectivity index (χ0v) is 12.3. The van der Waals surface area contributed by atoms with Crippen LogP contribution in [0.1, 0.15) is 18.4 Å². The van der Waals surface area contributed by atoms with E-state index in [9.17, 15) is 13.2 Å². The Morgan fingerprint density at radius 1 is 1.38 bits per heavy atom. The molecule has 1 heterocycles. The second kappa shape index (κ2) is 6.24. The van der Waals surface area contributed by atoms with E-state index in [4.69, 9.17) is 11.0 Å². The monoisotopic (exact) mass is 307 g/mol. The lowest BCUT2D eigenvalue weighted by molar-refractivity contribution is -0.122. The van der Waals surface area contributed by atoms with Crippen LogP contribution >= 0.6 is 0 Å². The van der Waals surface area contributed by atoms with Crippen LogP contribution in [0.25, 0.3) is 0 Å². The molecule has 1 fully saturated rings. The van der Waals surface area contributed by atoms with E-state index in [2.05, 4.69) is 0 Å². The molecular weight excluding hydrogens is 290 g/mol. The maximum Gasteiger partial charge on any atom is 0.234 e. The van der Waals surface area contributed by atoms with Gasteiger partial charge in [-0.05, 0) is 43.7 Å². The number of carbonyl (C=O) groups is 1. The summed E-state index contributed by atoms with van der Waals surface area (Å²) in [6.07, 6.45) is 1.54. The van der Waals surface area contributed by atoms with Gasteiger partial charge in [0, 0.05) is 6.54 Å². The van der Waals surface area contributed by atoms with Crippen molar-refractivity contribution in [1.82, 2.24) is 4.90 Å². The summed E-state index contributed by atoms with van der Waals surface area (Å²) in [7, 11) is -3.43. The van der Waals surface area contributed by atoms with E-state index in [0.717, 1.165) is 6.42 Å². The van der Waals surface area contributed by atoms with E-state index in [1.54, 1.807) is 0 Å². The maximum absolute atomic E-state index is 12.2. The van der Waals surface area contributed by atoms with Crippen LogP contribution < -0.4 is 5.73 Å². The van der Waals surface area contributed by atoms with Gasteiger partial charge in [0.25, 0.3) is 0 Å². The number of nitrogens with zero attached hydrogens (tertiary/aromatic N) is 2. The van der Waals surface area contributed by atoms with Crippen LogP contribution in [-0.4, -0.2) is 44.1 Å². The molecule has 2 N–H and O–H groups in total. The summed E-state index contributed by atoms with van der Waals surface area (Å²) in [5.41, 5.74) is 5.73. The van der Waals surface area contributed by atoms with Gasteiger partial charge in [0.1, 0.15) is 0 Å². The number of amides is 1. The highest BCUT2D eigenvalue weighted by Crippen LogP contribution is 2.18. The van der Waals surface area contributed by atoms with Crippen molar-refractivity contribution < 1.29 is 13.2 Å². The summed E-state index contributed by atoms with van der Waals surface area (Å²) in [6, 6.07) is 7.42. The van der Waals surface area contributed by atoms with E-state index < -0.39 is 15.7 Å². The molecule has 21 heavy (non-hydrogen) atoms. The molecule has 112 valence electrons. The van der Waals surface area contributed by atoms with Gasteiger partial charge in [0.15, 0.2) is 9.84 Å². The van der Waals surface area contributed by atoms with Crippen LogP contribution in [0.2, 0.25) is 0 Å². The normalized spacial score (nSPS) is 19.3. The third kappa shape index (κ3) is 3.60. The van der Waals surface area contributed by atoms with Crippen molar-refractivity contribution in [2.75, 3.05) is 18.8 Å². The first kappa shape index (κ1) is 15.5. The molecule has 0 radical (unpaired) electrons. The minimum atomic E-state index is -3.43. The zero-order chi connectivity index (χ0) is 15.5. The summed E-state index contributed by atoms with van der Waals surface area (Å²) < 4.78 is 24.5. The van der Waals surface area contributed by atoms with E-state index in [-0.39, 0.29) is 23.2 Å². The smallest absolute Gasteiger partial charge is 0.234 e. The molecule has 0 bridgehead atoms. The Kier molecular flexibility index (Phi) is 4.60. The number of benzene rings is 1. The Labute approximate surface area is 124 Å². The number of sulfone groups is 1. The average molecular weight is 307 g/mol. The van der Waals surface area contributed by atoms with Crippen molar-refractivity contribution in [3.05, 3.63) is 29.8 Å². The number of likely N-dealkylation sites (tertiary alicyclic amines) is 1. The molecule has 6 nitrogen and oxygen atoms in total. The minimum Gasteiger partial charge on any atom is -0.368 e. The Bertz CT molecular complexity index is 662. The van der Waals surface area contributed by atoms with Gasteiger partial charge >= 0.3 is 0 Å². The molecule has 1 aliphatic rings. The number of primary amides is 1. The van der Waals surface area contributed by atoms with Crippen molar-refractivity contribution >= 4 is 15.7 Å². The Hall–Kier alpha value is -1.91. The predicted octanol–water partition coefficient (Wildman–Crippen LogP) is 0.282. The number of hydrogen-bond acceptors (Lipinski definition) is 5. The fourth-order valence-electron chi connectivity index (χ4n) is 2.51. The molecule has 1 saturated heterocycles. The molecule has 0 spiro atoms. The van der Waals surface area contributed by atoms with E-state index in [1.807, 2.05) is 11.0 Å². The molecule has 1 unspecified atom stereocenters. The van der Waals surface area contributed by atoms with Crippen molar-refractivity contribution in [2.45, 2.75) is 23.8 Å². The Morgan fingerprint density at radius 2 is 2.05 bits per heavy atom.